The summed E-state index contributed by atoms with van der Waals surface area (Å²) in [7, 11) is 4.13. The molecule has 40 heavy (non-hydrogen) atoms. The lowest BCUT2D eigenvalue weighted by molar-refractivity contribution is 0.0952. The monoisotopic (exact) mass is 540 g/mol. The van der Waals surface area contributed by atoms with E-state index in [9.17, 15) is 9.59 Å². The molecule has 0 saturated heterocycles. The predicted octanol–water partition coefficient (Wildman–Crippen LogP) is 6.92. The van der Waals surface area contributed by atoms with Crippen molar-refractivity contribution in [1.29, 1.82) is 0 Å². The minimum atomic E-state index is -0.163. The van der Waals surface area contributed by atoms with Gasteiger partial charge in [0.2, 0.25) is 0 Å². The zero-order chi connectivity index (χ0) is 29.0. The van der Waals surface area contributed by atoms with E-state index in [4.69, 9.17) is 0 Å². The molecule has 1 amide bonds. The van der Waals surface area contributed by atoms with Crippen molar-refractivity contribution < 1.29 is 4.79 Å². The zero-order valence-corrected chi connectivity index (χ0v) is 25.1. The highest BCUT2D eigenvalue weighted by Crippen LogP contribution is 2.34. The van der Waals surface area contributed by atoms with Crippen molar-refractivity contribution in [2.75, 3.05) is 14.1 Å². The Morgan fingerprint density at radius 3 is 2.45 bits per heavy atom. The molecule has 0 unspecified atom stereocenters. The summed E-state index contributed by atoms with van der Waals surface area (Å²) in [6.07, 6.45) is 5.95. The quantitative estimate of drug-likeness (QED) is 0.217. The summed E-state index contributed by atoms with van der Waals surface area (Å²) in [6.45, 7) is 11.5. The van der Waals surface area contributed by atoms with E-state index >= 15 is 0 Å². The molecule has 0 spiro atoms. The van der Waals surface area contributed by atoms with Gasteiger partial charge in [0.1, 0.15) is 0 Å². The molecule has 2 heterocycles. The third-order valence-corrected chi connectivity index (χ3v) is 7.77. The zero-order valence-electron chi connectivity index (χ0n) is 25.1. The van der Waals surface area contributed by atoms with Gasteiger partial charge in [-0.2, -0.15) is 0 Å². The maximum atomic E-state index is 13.9. The number of carbonyl (C=O) groups excluding carboxylic acids is 1. The topological polar surface area (TPSA) is 70.1 Å². The first kappa shape index (κ1) is 29.3. The lowest BCUT2D eigenvalue weighted by Gasteiger charge is -2.18. The molecule has 0 saturated carbocycles. The summed E-state index contributed by atoms with van der Waals surface area (Å²) in [4.78, 5) is 31.8. The Labute approximate surface area is 238 Å². The molecule has 0 radical (unpaired) electrons. The number of aromatic nitrogens is 2. The number of fused-ring (bicyclic) bond motifs is 1. The van der Waals surface area contributed by atoms with Crippen LogP contribution in [0.2, 0.25) is 0 Å². The van der Waals surface area contributed by atoms with Crippen LogP contribution in [0.15, 0.2) is 53.5 Å². The molecular weight excluding hydrogens is 496 g/mol. The van der Waals surface area contributed by atoms with E-state index in [1.807, 2.05) is 19.1 Å². The number of hydrogen-bond donors (Lipinski definition) is 2. The van der Waals surface area contributed by atoms with Crippen molar-refractivity contribution in [3.63, 3.8) is 0 Å². The summed E-state index contributed by atoms with van der Waals surface area (Å²) < 4.78 is 2.35. The number of hydrogen-bond acceptors (Lipinski definition) is 3. The average molecular weight is 541 g/mol. The van der Waals surface area contributed by atoms with Gasteiger partial charge >= 0.3 is 0 Å². The minimum absolute atomic E-state index is 0.128. The molecule has 2 aromatic carbocycles. The van der Waals surface area contributed by atoms with Crippen molar-refractivity contribution in [2.45, 2.75) is 79.4 Å². The summed E-state index contributed by atoms with van der Waals surface area (Å²) in [5.74, 6) is -0.163. The van der Waals surface area contributed by atoms with Crippen LogP contribution >= 0.6 is 0 Å². The van der Waals surface area contributed by atoms with Gasteiger partial charge in [-0.25, -0.2) is 0 Å². The van der Waals surface area contributed by atoms with Gasteiger partial charge in [0, 0.05) is 53.1 Å². The Kier molecular flexibility index (Phi) is 9.31. The molecular formula is C34H44N4O2. The Balaban J connectivity index is 1.82. The number of pyridine rings is 1. The molecule has 4 rings (SSSR count). The number of benzene rings is 2. The number of nitrogens with one attached hydrogen (secondary N) is 2. The fourth-order valence-electron chi connectivity index (χ4n) is 5.87. The standard InChI is InChI=1S/C34H44N4O2/c1-8-12-26-15-23(5)36-34(40)30(26)19-35-33(39)29-17-27(25-14-11-13-24(16-25)21-37(6)7)18-31-32(29)22(4)20-38(31)28(9-2)10-3/h11,13-18,20,28H,8-10,12,19,21H2,1-7H3,(H,35,39)(H,36,40). The van der Waals surface area contributed by atoms with Crippen LogP contribution in [0.3, 0.4) is 0 Å². The second kappa shape index (κ2) is 12.7. The summed E-state index contributed by atoms with van der Waals surface area (Å²) in [5.41, 5.74) is 8.48. The van der Waals surface area contributed by atoms with E-state index < -0.39 is 0 Å². The third-order valence-electron chi connectivity index (χ3n) is 7.77. The molecule has 2 N–H and O–H groups in total. The van der Waals surface area contributed by atoms with Crippen molar-refractivity contribution in [3.05, 3.63) is 92.5 Å². The molecule has 6 heteroatoms. The molecule has 0 bridgehead atoms. The van der Waals surface area contributed by atoms with E-state index in [-0.39, 0.29) is 18.0 Å². The maximum Gasteiger partial charge on any atom is 0.253 e. The van der Waals surface area contributed by atoms with Gasteiger partial charge in [0.05, 0.1) is 0 Å². The Hall–Kier alpha value is -3.64. The van der Waals surface area contributed by atoms with Crippen molar-refractivity contribution >= 4 is 16.8 Å². The Morgan fingerprint density at radius 1 is 1.02 bits per heavy atom. The molecule has 0 fully saturated rings. The first-order chi connectivity index (χ1) is 19.2. The number of aromatic amines is 1. The molecule has 0 aliphatic carbocycles. The minimum Gasteiger partial charge on any atom is -0.348 e. The third kappa shape index (κ3) is 6.23. The highest BCUT2D eigenvalue weighted by atomic mass is 16.1. The Morgan fingerprint density at radius 2 is 1.77 bits per heavy atom. The van der Waals surface area contributed by atoms with Gasteiger partial charge in [-0.3, -0.25) is 9.59 Å². The second-order valence-corrected chi connectivity index (χ2v) is 11.3. The second-order valence-electron chi connectivity index (χ2n) is 11.3. The summed E-state index contributed by atoms with van der Waals surface area (Å²) in [5, 5.41) is 4.08. The first-order valence-electron chi connectivity index (χ1n) is 14.6. The van der Waals surface area contributed by atoms with Crippen molar-refractivity contribution in [1.82, 2.24) is 19.8 Å². The number of carbonyl (C=O) groups is 1. The van der Waals surface area contributed by atoms with Gasteiger partial charge < -0.3 is 19.8 Å². The van der Waals surface area contributed by atoms with Crippen LogP contribution in [-0.2, 0) is 19.5 Å². The number of aryl methyl sites for hydroxylation is 3. The number of H-pyrrole nitrogens is 1. The van der Waals surface area contributed by atoms with E-state index in [1.54, 1.807) is 0 Å². The van der Waals surface area contributed by atoms with Gasteiger partial charge in [0.25, 0.3) is 11.5 Å². The lowest BCUT2D eigenvalue weighted by Crippen LogP contribution is -2.28. The molecule has 4 aromatic rings. The normalized spacial score (nSPS) is 11.6. The highest BCUT2D eigenvalue weighted by Gasteiger charge is 2.21. The van der Waals surface area contributed by atoms with Crippen molar-refractivity contribution in [2.24, 2.45) is 0 Å². The van der Waals surface area contributed by atoms with Crippen LogP contribution in [0.25, 0.3) is 22.0 Å². The van der Waals surface area contributed by atoms with Crippen LogP contribution in [0.5, 0.6) is 0 Å². The van der Waals surface area contributed by atoms with E-state index in [2.05, 4.69) is 98.1 Å². The molecule has 2 aromatic heterocycles. The van der Waals surface area contributed by atoms with Gasteiger partial charge in [-0.15, -0.1) is 0 Å². The smallest absolute Gasteiger partial charge is 0.253 e. The summed E-state index contributed by atoms with van der Waals surface area (Å²) in [6, 6.07) is 15.2. The molecule has 6 nitrogen and oxygen atoms in total. The Bertz CT molecular complexity index is 1560. The fraction of sp³-hybridized carbons (Fsp3) is 0.412. The van der Waals surface area contributed by atoms with Crippen LogP contribution in [0.4, 0.5) is 0 Å². The van der Waals surface area contributed by atoms with Crippen LogP contribution in [0.1, 0.15) is 84.4 Å². The molecule has 0 atom stereocenters. The number of amides is 1. The fourth-order valence-corrected chi connectivity index (χ4v) is 5.87. The SMILES string of the molecule is CCCc1cc(C)[nH]c(=O)c1CNC(=O)c1cc(-c2cccc(CN(C)C)c2)cc2c1c(C)cn2C(CC)CC. The van der Waals surface area contributed by atoms with Crippen LogP contribution in [0, 0.1) is 13.8 Å². The predicted molar refractivity (Wildman–Crippen MR) is 166 cm³/mol. The molecule has 0 aliphatic heterocycles. The van der Waals surface area contributed by atoms with Gasteiger partial charge in [0.15, 0.2) is 0 Å². The maximum absolute atomic E-state index is 13.9. The average Bonchev–Trinajstić information content (AvgIpc) is 3.24. The van der Waals surface area contributed by atoms with E-state index in [0.717, 1.165) is 71.1 Å². The number of nitrogens with zero attached hydrogens (tertiary/aromatic N) is 2. The van der Waals surface area contributed by atoms with Crippen molar-refractivity contribution in [3.8, 4) is 11.1 Å². The van der Waals surface area contributed by atoms with E-state index in [0.29, 0.717) is 17.2 Å². The largest absolute Gasteiger partial charge is 0.348 e. The van der Waals surface area contributed by atoms with E-state index in [1.165, 1.54) is 5.56 Å². The molecule has 0 aliphatic rings. The summed E-state index contributed by atoms with van der Waals surface area (Å²) >= 11 is 0. The number of rotatable bonds is 11. The van der Waals surface area contributed by atoms with Crippen LogP contribution in [-0.4, -0.2) is 34.5 Å². The van der Waals surface area contributed by atoms with Gasteiger partial charge in [-0.05, 0) is 99.3 Å². The van der Waals surface area contributed by atoms with Crippen LogP contribution < -0.4 is 10.9 Å². The molecule has 212 valence electrons. The first-order valence-corrected chi connectivity index (χ1v) is 14.6. The highest BCUT2D eigenvalue weighted by molar-refractivity contribution is 6.09. The van der Waals surface area contributed by atoms with Gasteiger partial charge in [-0.1, -0.05) is 45.4 Å². The lowest BCUT2D eigenvalue weighted by atomic mass is 9.96.